The van der Waals surface area contributed by atoms with Gasteiger partial charge in [0.2, 0.25) is 12.7 Å². The summed E-state index contributed by atoms with van der Waals surface area (Å²) in [6.07, 6.45) is 2.58. The molecule has 0 saturated carbocycles. The second-order valence-corrected chi connectivity index (χ2v) is 7.68. The van der Waals surface area contributed by atoms with Crippen LogP contribution in [0.25, 0.3) is 6.08 Å². The van der Waals surface area contributed by atoms with Crippen LogP contribution in [0.2, 0.25) is 0 Å². The van der Waals surface area contributed by atoms with Crippen LogP contribution in [0.5, 0.6) is 23.0 Å². The molecule has 2 aromatic rings. The lowest BCUT2D eigenvalue weighted by molar-refractivity contribution is -0.129. The van der Waals surface area contributed by atoms with Gasteiger partial charge in [0.15, 0.2) is 28.7 Å². The molecule has 0 fully saturated rings. The summed E-state index contributed by atoms with van der Waals surface area (Å²) in [5.41, 5.74) is 1.63. The molecule has 2 heterocycles. The van der Waals surface area contributed by atoms with E-state index < -0.39 is 5.97 Å². The van der Waals surface area contributed by atoms with Crippen LogP contribution in [-0.2, 0) is 9.53 Å². The molecule has 0 radical (unpaired) electrons. The summed E-state index contributed by atoms with van der Waals surface area (Å²) in [6.45, 7) is 5.25. The molecule has 7 nitrogen and oxygen atoms in total. The summed E-state index contributed by atoms with van der Waals surface area (Å²) in [7, 11) is 0. The van der Waals surface area contributed by atoms with E-state index in [1.807, 2.05) is 26.0 Å². The number of benzene rings is 2. The van der Waals surface area contributed by atoms with Crippen molar-refractivity contribution in [1.29, 1.82) is 0 Å². The fourth-order valence-corrected chi connectivity index (χ4v) is 3.78. The number of ether oxygens (including phenoxy) is 5. The Hall–Kier alpha value is -2.75. The van der Waals surface area contributed by atoms with Gasteiger partial charge in [-0.15, -0.1) is 0 Å². The minimum Gasteiger partial charge on any atom is -0.490 e. The lowest BCUT2D eigenvalue weighted by atomic mass is 10.1. The lowest BCUT2D eigenvalue weighted by Gasteiger charge is -2.14. The molecule has 0 saturated heterocycles. The van der Waals surface area contributed by atoms with Crippen LogP contribution >= 0.6 is 22.6 Å². The van der Waals surface area contributed by atoms with Crippen LogP contribution < -0.4 is 18.9 Å². The van der Waals surface area contributed by atoms with Gasteiger partial charge < -0.3 is 23.7 Å². The Labute approximate surface area is 187 Å². The number of hydrogen-bond donors (Lipinski definition) is 0. The van der Waals surface area contributed by atoms with Crippen molar-refractivity contribution in [2.45, 2.75) is 20.3 Å². The van der Waals surface area contributed by atoms with Crippen molar-refractivity contribution in [2.24, 2.45) is 4.99 Å². The van der Waals surface area contributed by atoms with Gasteiger partial charge in [-0.1, -0.05) is 6.92 Å². The summed E-state index contributed by atoms with van der Waals surface area (Å²) in [5.74, 6) is 2.32. The Morgan fingerprint density at radius 2 is 1.97 bits per heavy atom. The molecule has 0 atom stereocenters. The summed E-state index contributed by atoms with van der Waals surface area (Å²) in [5, 5.41) is 0. The molecule has 0 N–H and O–H groups in total. The Kier molecular flexibility index (Phi) is 6.12. The van der Waals surface area contributed by atoms with Gasteiger partial charge in [0.1, 0.15) is 0 Å². The highest BCUT2D eigenvalue weighted by molar-refractivity contribution is 14.1. The molecule has 0 aliphatic carbocycles. The number of cyclic esters (lactones) is 1. The maximum Gasteiger partial charge on any atom is 0.363 e. The highest BCUT2D eigenvalue weighted by atomic mass is 127. The maximum atomic E-state index is 12.4. The number of rotatable bonds is 7. The lowest BCUT2D eigenvalue weighted by Crippen LogP contribution is -2.05. The van der Waals surface area contributed by atoms with Crippen molar-refractivity contribution in [3.8, 4) is 23.0 Å². The summed E-state index contributed by atoms with van der Waals surface area (Å²) in [6, 6.07) is 9.04. The molecule has 2 aliphatic heterocycles. The Balaban J connectivity index is 1.64. The van der Waals surface area contributed by atoms with E-state index in [4.69, 9.17) is 23.7 Å². The largest absolute Gasteiger partial charge is 0.490 e. The van der Waals surface area contributed by atoms with Crippen molar-refractivity contribution < 1.29 is 28.5 Å². The van der Waals surface area contributed by atoms with E-state index >= 15 is 0 Å². The Morgan fingerprint density at radius 1 is 1.13 bits per heavy atom. The van der Waals surface area contributed by atoms with E-state index in [1.165, 1.54) is 0 Å². The van der Waals surface area contributed by atoms with Gasteiger partial charge in [-0.2, -0.15) is 0 Å². The molecular weight excluding hydrogens is 501 g/mol. The quantitative estimate of drug-likeness (QED) is 0.303. The van der Waals surface area contributed by atoms with Crippen molar-refractivity contribution in [3.05, 3.63) is 50.7 Å². The minimum atomic E-state index is -0.512. The minimum absolute atomic E-state index is 0.176. The van der Waals surface area contributed by atoms with Gasteiger partial charge >= 0.3 is 5.97 Å². The van der Waals surface area contributed by atoms with Gasteiger partial charge in [0.05, 0.1) is 16.8 Å². The van der Waals surface area contributed by atoms with E-state index in [9.17, 15) is 4.79 Å². The molecule has 30 heavy (non-hydrogen) atoms. The first-order valence-electron chi connectivity index (χ1n) is 9.60. The molecule has 0 spiro atoms. The van der Waals surface area contributed by atoms with Gasteiger partial charge in [-0.05, 0) is 77.9 Å². The van der Waals surface area contributed by atoms with Crippen LogP contribution in [0.4, 0.5) is 0 Å². The summed E-state index contributed by atoms with van der Waals surface area (Å²) < 4.78 is 28.5. The van der Waals surface area contributed by atoms with E-state index in [-0.39, 0.29) is 18.4 Å². The number of nitrogens with zero attached hydrogens (tertiary/aromatic N) is 1. The number of carbonyl (C=O) groups excluding carboxylic acids is 1. The van der Waals surface area contributed by atoms with E-state index in [2.05, 4.69) is 27.6 Å². The van der Waals surface area contributed by atoms with Crippen molar-refractivity contribution >= 4 is 40.5 Å². The van der Waals surface area contributed by atoms with Crippen molar-refractivity contribution in [1.82, 2.24) is 0 Å². The normalized spacial score (nSPS) is 15.9. The monoisotopic (exact) mass is 521 g/mol. The van der Waals surface area contributed by atoms with Gasteiger partial charge in [0.25, 0.3) is 0 Å². The zero-order valence-electron chi connectivity index (χ0n) is 16.6. The fraction of sp³-hybridized carbons (Fsp3) is 0.273. The molecule has 156 valence electrons. The number of carbonyl (C=O) groups is 1. The number of aliphatic imine (C=N–C) groups is 1. The second kappa shape index (κ2) is 8.95. The standard InChI is InChI=1S/C22H20INO6/c1-3-7-27-20-15(23)8-13(10-19(20)26-4-2)9-16-22(25)30-21(24-16)14-5-6-17-18(11-14)29-12-28-17/h5-6,8-11H,3-4,7,12H2,1-2H3. The third kappa shape index (κ3) is 4.23. The molecule has 0 amide bonds. The molecule has 8 heteroatoms. The van der Waals surface area contributed by atoms with Crippen LogP contribution in [0.1, 0.15) is 31.4 Å². The van der Waals surface area contributed by atoms with E-state index in [1.54, 1.807) is 24.3 Å². The summed E-state index contributed by atoms with van der Waals surface area (Å²) in [4.78, 5) is 16.8. The highest BCUT2D eigenvalue weighted by Crippen LogP contribution is 2.36. The van der Waals surface area contributed by atoms with Gasteiger partial charge in [0, 0.05) is 5.56 Å². The number of hydrogen-bond acceptors (Lipinski definition) is 7. The van der Waals surface area contributed by atoms with Gasteiger partial charge in [-0.25, -0.2) is 9.79 Å². The zero-order valence-corrected chi connectivity index (χ0v) is 18.7. The number of esters is 1. The Morgan fingerprint density at radius 3 is 2.77 bits per heavy atom. The van der Waals surface area contributed by atoms with E-state index in [0.717, 1.165) is 15.6 Å². The predicted octanol–water partition coefficient (Wildman–Crippen LogP) is 4.55. The van der Waals surface area contributed by atoms with Crippen LogP contribution in [-0.4, -0.2) is 31.9 Å². The first-order chi connectivity index (χ1) is 14.6. The molecule has 2 aliphatic rings. The number of halogens is 1. The smallest absolute Gasteiger partial charge is 0.363 e. The fourth-order valence-electron chi connectivity index (χ4n) is 3.00. The number of fused-ring (bicyclic) bond motifs is 1. The van der Waals surface area contributed by atoms with E-state index in [0.29, 0.717) is 41.8 Å². The average Bonchev–Trinajstić information content (AvgIpc) is 3.34. The molecule has 0 unspecified atom stereocenters. The molecule has 2 aromatic carbocycles. The molecular formula is C22H20INO6. The zero-order chi connectivity index (χ0) is 21.1. The highest BCUT2D eigenvalue weighted by Gasteiger charge is 2.26. The Bertz CT molecular complexity index is 1050. The second-order valence-electron chi connectivity index (χ2n) is 6.52. The first-order valence-corrected chi connectivity index (χ1v) is 10.7. The maximum absolute atomic E-state index is 12.4. The third-order valence-corrected chi connectivity index (χ3v) is 5.13. The summed E-state index contributed by atoms with van der Waals surface area (Å²) >= 11 is 2.20. The predicted molar refractivity (Wildman–Crippen MR) is 119 cm³/mol. The van der Waals surface area contributed by atoms with Crippen molar-refractivity contribution in [3.63, 3.8) is 0 Å². The van der Waals surface area contributed by atoms with Crippen LogP contribution in [0, 0.1) is 3.57 Å². The first kappa shape index (κ1) is 20.5. The molecule has 4 rings (SSSR count). The topological polar surface area (TPSA) is 75.6 Å². The molecule has 0 aromatic heterocycles. The SMILES string of the molecule is CCCOc1c(I)cc(C=C2N=C(c3ccc4c(c3)OCO4)OC2=O)cc1OCC. The molecule has 0 bridgehead atoms. The van der Waals surface area contributed by atoms with Crippen molar-refractivity contribution in [2.75, 3.05) is 20.0 Å². The average molecular weight is 521 g/mol. The third-order valence-electron chi connectivity index (χ3n) is 4.33. The van der Waals surface area contributed by atoms with Crippen LogP contribution in [0.3, 0.4) is 0 Å². The van der Waals surface area contributed by atoms with Gasteiger partial charge in [-0.3, -0.25) is 0 Å². The van der Waals surface area contributed by atoms with Crippen LogP contribution in [0.15, 0.2) is 41.0 Å².